The molecule has 0 aromatic rings. The first-order valence-electron chi connectivity index (χ1n) is 5.61. The van der Waals surface area contributed by atoms with E-state index in [1.165, 1.54) is 0 Å². The molecule has 0 aromatic heterocycles. The first-order valence-corrected chi connectivity index (χ1v) is 5.61. The number of carbonyl (C=O) groups is 2. The van der Waals surface area contributed by atoms with Gasteiger partial charge < -0.3 is 15.7 Å². The number of carbonyl (C=O) groups excluding carboxylic acids is 1. The third-order valence-electron chi connectivity index (χ3n) is 3.23. The summed E-state index contributed by atoms with van der Waals surface area (Å²) in [6, 6.07) is -0.292. The standard InChI is InChI=1S/C11H20N2O3/c1-4-10(2,3)13-9(16)12-7-11(5-6-11)8(14)15/h4-7H2,1-3H3,(H,14,15)(H2,12,13,16). The largest absolute Gasteiger partial charge is 0.481 e. The number of hydrogen-bond donors (Lipinski definition) is 3. The number of carboxylic acid groups (broad SMARTS) is 1. The summed E-state index contributed by atoms with van der Waals surface area (Å²) in [5.41, 5.74) is -0.961. The van der Waals surface area contributed by atoms with Gasteiger partial charge in [0.1, 0.15) is 0 Å². The molecule has 0 unspecified atom stereocenters. The van der Waals surface area contributed by atoms with Gasteiger partial charge in [-0.3, -0.25) is 4.79 Å². The van der Waals surface area contributed by atoms with Crippen LogP contribution in [0, 0.1) is 5.41 Å². The molecule has 1 aliphatic carbocycles. The molecule has 0 heterocycles. The number of rotatable bonds is 5. The number of urea groups is 1. The Morgan fingerprint density at radius 1 is 1.38 bits per heavy atom. The van der Waals surface area contributed by atoms with Gasteiger partial charge in [0.2, 0.25) is 0 Å². The summed E-state index contributed by atoms with van der Waals surface area (Å²) < 4.78 is 0. The first-order chi connectivity index (χ1) is 7.31. The van der Waals surface area contributed by atoms with Crippen molar-refractivity contribution in [2.75, 3.05) is 6.54 Å². The van der Waals surface area contributed by atoms with E-state index in [9.17, 15) is 9.59 Å². The van der Waals surface area contributed by atoms with E-state index >= 15 is 0 Å². The maximum atomic E-state index is 11.5. The monoisotopic (exact) mass is 228 g/mol. The Morgan fingerprint density at radius 3 is 2.31 bits per heavy atom. The summed E-state index contributed by atoms with van der Waals surface area (Å²) in [5.74, 6) is -0.817. The van der Waals surface area contributed by atoms with E-state index in [0.717, 1.165) is 6.42 Å². The summed E-state index contributed by atoms with van der Waals surface area (Å²) in [6.07, 6.45) is 2.13. The van der Waals surface area contributed by atoms with Crippen LogP contribution in [-0.2, 0) is 4.79 Å². The molecule has 3 N–H and O–H groups in total. The van der Waals surface area contributed by atoms with Crippen molar-refractivity contribution in [3.05, 3.63) is 0 Å². The number of aliphatic carboxylic acids is 1. The zero-order chi connectivity index (χ0) is 12.4. The second-order valence-corrected chi connectivity index (χ2v) is 5.13. The van der Waals surface area contributed by atoms with Gasteiger partial charge in [0, 0.05) is 12.1 Å². The van der Waals surface area contributed by atoms with E-state index in [4.69, 9.17) is 5.11 Å². The Bertz CT molecular complexity index is 296. The summed E-state index contributed by atoms with van der Waals surface area (Å²) in [5, 5.41) is 14.4. The predicted molar refractivity (Wildman–Crippen MR) is 60.2 cm³/mol. The van der Waals surface area contributed by atoms with Crippen LogP contribution in [0.3, 0.4) is 0 Å². The summed E-state index contributed by atoms with van der Waals surface area (Å²) in [4.78, 5) is 22.4. The molecule has 5 nitrogen and oxygen atoms in total. The summed E-state index contributed by atoms with van der Waals surface area (Å²) in [6.45, 7) is 6.06. The van der Waals surface area contributed by atoms with Crippen LogP contribution in [0.1, 0.15) is 40.0 Å². The average molecular weight is 228 g/mol. The maximum absolute atomic E-state index is 11.5. The molecular weight excluding hydrogens is 208 g/mol. The molecule has 0 bridgehead atoms. The lowest BCUT2D eigenvalue weighted by Crippen LogP contribution is -2.49. The molecule has 0 aliphatic heterocycles. The zero-order valence-electron chi connectivity index (χ0n) is 10.1. The van der Waals surface area contributed by atoms with Crippen LogP contribution < -0.4 is 10.6 Å². The molecule has 0 atom stereocenters. The van der Waals surface area contributed by atoms with Crippen LogP contribution in [-0.4, -0.2) is 29.2 Å². The minimum Gasteiger partial charge on any atom is -0.481 e. The van der Waals surface area contributed by atoms with Crippen molar-refractivity contribution >= 4 is 12.0 Å². The van der Waals surface area contributed by atoms with Gasteiger partial charge in [0.25, 0.3) is 0 Å². The van der Waals surface area contributed by atoms with Crippen LogP contribution in [0.25, 0.3) is 0 Å². The molecule has 1 fully saturated rings. The topological polar surface area (TPSA) is 78.4 Å². The smallest absolute Gasteiger partial charge is 0.315 e. The SMILES string of the molecule is CCC(C)(C)NC(=O)NCC1(C(=O)O)CC1. The number of carboxylic acids is 1. The molecule has 1 aliphatic rings. The Hall–Kier alpha value is -1.26. The third kappa shape index (κ3) is 3.12. The van der Waals surface area contributed by atoms with Crippen molar-refractivity contribution in [1.29, 1.82) is 0 Å². The highest BCUT2D eigenvalue weighted by molar-refractivity contribution is 5.80. The van der Waals surface area contributed by atoms with Crippen molar-refractivity contribution in [1.82, 2.24) is 10.6 Å². The Labute approximate surface area is 95.6 Å². The number of hydrogen-bond acceptors (Lipinski definition) is 2. The van der Waals surface area contributed by atoms with Crippen molar-refractivity contribution in [2.45, 2.75) is 45.6 Å². The highest BCUT2D eigenvalue weighted by atomic mass is 16.4. The van der Waals surface area contributed by atoms with E-state index in [-0.39, 0.29) is 18.1 Å². The summed E-state index contributed by atoms with van der Waals surface area (Å²) >= 11 is 0. The minimum atomic E-state index is -0.817. The van der Waals surface area contributed by atoms with Gasteiger partial charge >= 0.3 is 12.0 Å². The Balaban J connectivity index is 2.34. The van der Waals surface area contributed by atoms with Gasteiger partial charge in [-0.25, -0.2) is 4.79 Å². The lowest BCUT2D eigenvalue weighted by atomic mass is 10.0. The molecule has 1 rings (SSSR count). The van der Waals surface area contributed by atoms with E-state index in [2.05, 4.69) is 10.6 Å². The second kappa shape index (κ2) is 4.31. The minimum absolute atomic E-state index is 0.216. The molecule has 16 heavy (non-hydrogen) atoms. The van der Waals surface area contributed by atoms with Gasteiger partial charge in [0.05, 0.1) is 5.41 Å². The van der Waals surface area contributed by atoms with Gasteiger partial charge in [-0.1, -0.05) is 6.92 Å². The summed E-state index contributed by atoms with van der Waals surface area (Å²) in [7, 11) is 0. The van der Waals surface area contributed by atoms with Crippen LogP contribution in [0.5, 0.6) is 0 Å². The second-order valence-electron chi connectivity index (χ2n) is 5.13. The first kappa shape index (κ1) is 12.8. The zero-order valence-corrected chi connectivity index (χ0v) is 10.1. The maximum Gasteiger partial charge on any atom is 0.315 e. The highest BCUT2D eigenvalue weighted by Gasteiger charge is 2.50. The average Bonchev–Trinajstić information content (AvgIpc) is 2.95. The Morgan fingerprint density at radius 2 is 1.94 bits per heavy atom. The van der Waals surface area contributed by atoms with Crippen molar-refractivity contribution in [3.63, 3.8) is 0 Å². The normalized spacial score (nSPS) is 17.7. The van der Waals surface area contributed by atoms with Crippen LogP contribution >= 0.6 is 0 Å². The van der Waals surface area contributed by atoms with E-state index < -0.39 is 11.4 Å². The molecule has 0 spiro atoms. The molecular formula is C11H20N2O3. The molecule has 0 radical (unpaired) electrons. The lowest BCUT2D eigenvalue weighted by molar-refractivity contribution is -0.143. The quantitative estimate of drug-likeness (QED) is 0.664. The highest BCUT2D eigenvalue weighted by Crippen LogP contribution is 2.45. The van der Waals surface area contributed by atoms with Crippen molar-refractivity contribution in [2.24, 2.45) is 5.41 Å². The number of nitrogens with one attached hydrogen (secondary N) is 2. The fourth-order valence-electron chi connectivity index (χ4n) is 1.31. The van der Waals surface area contributed by atoms with Crippen LogP contribution in [0.15, 0.2) is 0 Å². The fraction of sp³-hybridized carbons (Fsp3) is 0.818. The van der Waals surface area contributed by atoms with Gasteiger partial charge in [-0.15, -0.1) is 0 Å². The molecule has 2 amide bonds. The predicted octanol–water partition coefficient (Wildman–Crippen LogP) is 1.34. The third-order valence-corrected chi connectivity index (χ3v) is 3.23. The molecule has 0 aromatic carbocycles. The molecule has 92 valence electrons. The number of amides is 2. The van der Waals surface area contributed by atoms with E-state index in [1.54, 1.807) is 0 Å². The van der Waals surface area contributed by atoms with Crippen molar-refractivity contribution in [3.8, 4) is 0 Å². The molecule has 1 saturated carbocycles. The van der Waals surface area contributed by atoms with E-state index in [0.29, 0.717) is 12.8 Å². The van der Waals surface area contributed by atoms with E-state index in [1.807, 2.05) is 20.8 Å². The lowest BCUT2D eigenvalue weighted by Gasteiger charge is -2.25. The van der Waals surface area contributed by atoms with Crippen LogP contribution in [0.2, 0.25) is 0 Å². The van der Waals surface area contributed by atoms with Crippen LogP contribution in [0.4, 0.5) is 4.79 Å². The van der Waals surface area contributed by atoms with Gasteiger partial charge in [-0.05, 0) is 33.1 Å². The molecule has 5 heteroatoms. The molecule has 0 saturated heterocycles. The fourth-order valence-corrected chi connectivity index (χ4v) is 1.31. The Kier molecular flexibility index (Phi) is 3.45. The van der Waals surface area contributed by atoms with Gasteiger partial charge in [-0.2, -0.15) is 0 Å². The van der Waals surface area contributed by atoms with Crippen molar-refractivity contribution < 1.29 is 14.7 Å². The van der Waals surface area contributed by atoms with Gasteiger partial charge in [0.15, 0.2) is 0 Å².